The second kappa shape index (κ2) is 7.41. The number of piperidine rings is 1. The van der Waals surface area contributed by atoms with Gasteiger partial charge in [-0.25, -0.2) is 13.2 Å². The molecule has 2 saturated heterocycles. The number of fused-ring (bicyclic) bond motifs is 1. The predicted octanol–water partition coefficient (Wildman–Crippen LogP) is 2.40. The minimum absolute atomic E-state index is 0.0495. The minimum atomic E-state index is -3.58. The third-order valence-corrected chi connectivity index (χ3v) is 7.92. The first-order valence-corrected chi connectivity index (χ1v) is 11.2. The van der Waals surface area contributed by atoms with E-state index in [2.05, 4.69) is 16.8 Å². The molecule has 0 bridgehead atoms. The number of oxazole rings is 1. The van der Waals surface area contributed by atoms with Crippen molar-refractivity contribution in [2.45, 2.75) is 50.0 Å². The summed E-state index contributed by atoms with van der Waals surface area (Å²) in [6.07, 6.45) is 5.14. The summed E-state index contributed by atoms with van der Waals surface area (Å²) in [5.41, 5.74) is 0.788. The van der Waals surface area contributed by atoms with E-state index in [1.165, 1.54) is 25.0 Å². The molecule has 27 heavy (non-hydrogen) atoms. The van der Waals surface area contributed by atoms with Crippen molar-refractivity contribution < 1.29 is 12.8 Å². The number of likely N-dealkylation sites (tertiary alicyclic amines) is 1. The zero-order valence-electron chi connectivity index (χ0n) is 15.7. The molecule has 0 radical (unpaired) electrons. The number of nitrogens with one attached hydrogen (secondary N) is 1. The number of aromatic nitrogens is 1. The Balaban J connectivity index is 1.48. The second-order valence-electron chi connectivity index (χ2n) is 7.90. The van der Waals surface area contributed by atoms with Crippen molar-refractivity contribution in [1.82, 2.24) is 14.2 Å². The number of aromatic amines is 1. The van der Waals surface area contributed by atoms with Crippen LogP contribution < -0.4 is 5.76 Å². The summed E-state index contributed by atoms with van der Waals surface area (Å²) in [7, 11) is -3.58. The van der Waals surface area contributed by atoms with E-state index in [4.69, 9.17) is 4.42 Å². The van der Waals surface area contributed by atoms with Gasteiger partial charge in [0.2, 0.25) is 10.0 Å². The van der Waals surface area contributed by atoms with Crippen LogP contribution >= 0.6 is 0 Å². The van der Waals surface area contributed by atoms with Crippen molar-refractivity contribution in [3.8, 4) is 0 Å². The topological polar surface area (TPSA) is 86.6 Å². The Morgan fingerprint density at radius 1 is 1.19 bits per heavy atom. The average Bonchev–Trinajstić information content (AvgIpc) is 3.26. The molecule has 1 N–H and O–H groups in total. The molecular formula is C19H27N3O4S. The summed E-state index contributed by atoms with van der Waals surface area (Å²) < 4.78 is 33.0. The molecule has 0 saturated carbocycles. The third-order valence-electron chi connectivity index (χ3n) is 5.97. The van der Waals surface area contributed by atoms with Crippen molar-refractivity contribution in [3.05, 3.63) is 28.7 Å². The molecule has 1 aromatic heterocycles. The Morgan fingerprint density at radius 3 is 2.74 bits per heavy atom. The van der Waals surface area contributed by atoms with Crippen LogP contribution in [0.15, 0.2) is 32.3 Å². The van der Waals surface area contributed by atoms with Gasteiger partial charge in [0, 0.05) is 12.6 Å². The van der Waals surface area contributed by atoms with Gasteiger partial charge in [0.05, 0.1) is 10.4 Å². The lowest BCUT2D eigenvalue weighted by Crippen LogP contribution is -2.40. The molecule has 1 aromatic carbocycles. The molecule has 3 heterocycles. The largest absolute Gasteiger partial charge is 0.417 e. The van der Waals surface area contributed by atoms with Crippen LogP contribution in [-0.4, -0.2) is 54.8 Å². The summed E-state index contributed by atoms with van der Waals surface area (Å²) in [4.78, 5) is 16.5. The zero-order chi connectivity index (χ0) is 19.0. The fourth-order valence-corrected chi connectivity index (χ4v) is 6.01. The smallest absolute Gasteiger partial charge is 0.408 e. The lowest BCUT2D eigenvalue weighted by molar-refractivity contribution is 0.179. The number of hydrogen-bond acceptors (Lipinski definition) is 5. The molecule has 0 unspecified atom stereocenters. The molecule has 2 aliphatic rings. The molecule has 2 aromatic rings. The highest BCUT2D eigenvalue weighted by Gasteiger charge is 2.35. The fourth-order valence-electron chi connectivity index (χ4n) is 4.26. The van der Waals surface area contributed by atoms with Gasteiger partial charge < -0.3 is 9.32 Å². The van der Waals surface area contributed by atoms with E-state index in [0.717, 1.165) is 44.8 Å². The van der Waals surface area contributed by atoms with Crippen molar-refractivity contribution in [1.29, 1.82) is 0 Å². The van der Waals surface area contributed by atoms with Crippen molar-refractivity contribution in [2.24, 2.45) is 5.92 Å². The molecule has 0 aliphatic carbocycles. The van der Waals surface area contributed by atoms with Crippen LogP contribution in [0.4, 0.5) is 0 Å². The van der Waals surface area contributed by atoms with Crippen molar-refractivity contribution in [2.75, 3.05) is 26.2 Å². The molecule has 1 atom stereocenters. The normalized spacial score (nSPS) is 23.4. The Labute approximate surface area is 159 Å². The maximum Gasteiger partial charge on any atom is 0.417 e. The van der Waals surface area contributed by atoms with E-state index in [1.54, 1.807) is 10.4 Å². The van der Waals surface area contributed by atoms with Crippen LogP contribution in [0, 0.1) is 5.92 Å². The summed E-state index contributed by atoms with van der Waals surface area (Å²) >= 11 is 0. The molecule has 148 valence electrons. The van der Waals surface area contributed by atoms with Crippen LogP contribution in [0.1, 0.15) is 39.0 Å². The molecular weight excluding hydrogens is 366 g/mol. The zero-order valence-corrected chi connectivity index (χ0v) is 16.5. The molecule has 4 rings (SSSR count). The van der Waals surface area contributed by atoms with Crippen LogP contribution in [0.25, 0.3) is 11.1 Å². The van der Waals surface area contributed by atoms with Crippen LogP contribution in [-0.2, 0) is 10.0 Å². The molecule has 2 aliphatic heterocycles. The highest BCUT2D eigenvalue weighted by molar-refractivity contribution is 7.89. The van der Waals surface area contributed by atoms with Gasteiger partial charge in [-0.2, -0.15) is 4.31 Å². The Bertz CT molecular complexity index is 957. The van der Waals surface area contributed by atoms with Gasteiger partial charge >= 0.3 is 5.76 Å². The lowest BCUT2D eigenvalue weighted by atomic mass is 9.99. The molecule has 2 fully saturated rings. The Hall–Kier alpha value is -1.64. The van der Waals surface area contributed by atoms with Gasteiger partial charge in [0.25, 0.3) is 0 Å². The highest BCUT2D eigenvalue weighted by atomic mass is 32.2. The number of nitrogens with zero attached hydrogens (tertiary/aromatic N) is 2. The summed E-state index contributed by atoms with van der Waals surface area (Å²) in [6, 6.07) is 4.61. The maximum absolute atomic E-state index is 13.2. The first-order valence-electron chi connectivity index (χ1n) is 9.80. The summed E-state index contributed by atoms with van der Waals surface area (Å²) in [5.74, 6) is 0.225. The molecule has 0 spiro atoms. The SMILES string of the molecule is CC1CCN(CC[C@H]2CCCN2S(=O)(=O)c2ccc3oc(=O)[nH]c3c2)CC1. The van der Waals surface area contributed by atoms with Crippen molar-refractivity contribution in [3.63, 3.8) is 0 Å². The maximum atomic E-state index is 13.2. The number of sulfonamides is 1. The average molecular weight is 394 g/mol. The fraction of sp³-hybridized carbons (Fsp3) is 0.632. The van der Waals surface area contributed by atoms with Crippen LogP contribution in [0.2, 0.25) is 0 Å². The molecule has 0 amide bonds. The standard InChI is InChI=1S/C19H27N3O4S/c1-14-6-10-21(11-7-14)12-8-15-3-2-9-22(15)27(24,25)16-4-5-18-17(13-16)20-19(23)26-18/h4-5,13-15H,2-3,6-12H2,1H3,(H,20,23)/t15-/m1/s1. The van der Waals surface area contributed by atoms with Gasteiger partial charge in [0.15, 0.2) is 5.58 Å². The van der Waals surface area contributed by atoms with Gasteiger partial charge in [-0.1, -0.05) is 6.92 Å². The number of hydrogen-bond donors (Lipinski definition) is 1. The Kier molecular flexibility index (Phi) is 5.13. The van der Waals surface area contributed by atoms with Crippen LogP contribution in [0.5, 0.6) is 0 Å². The van der Waals surface area contributed by atoms with Gasteiger partial charge in [-0.3, -0.25) is 4.98 Å². The van der Waals surface area contributed by atoms with Gasteiger partial charge in [-0.05, 0) is 75.9 Å². The predicted molar refractivity (Wildman–Crippen MR) is 103 cm³/mol. The number of benzene rings is 1. The highest BCUT2D eigenvalue weighted by Crippen LogP contribution is 2.29. The van der Waals surface area contributed by atoms with Crippen LogP contribution in [0.3, 0.4) is 0 Å². The van der Waals surface area contributed by atoms with Crippen molar-refractivity contribution >= 4 is 21.1 Å². The van der Waals surface area contributed by atoms with Gasteiger partial charge in [0.1, 0.15) is 0 Å². The first-order chi connectivity index (χ1) is 12.9. The summed E-state index contributed by atoms with van der Waals surface area (Å²) in [5, 5.41) is 0. The second-order valence-corrected chi connectivity index (χ2v) is 9.79. The van der Waals surface area contributed by atoms with E-state index in [0.29, 0.717) is 17.6 Å². The first kappa shape index (κ1) is 18.7. The van der Waals surface area contributed by atoms with E-state index in [1.807, 2.05) is 0 Å². The third kappa shape index (κ3) is 3.83. The van der Waals surface area contributed by atoms with E-state index >= 15 is 0 Å². The minimum Gasteiger partial charge on any atom is -0.408 e. The van der Waals surface area contributed by atoms with E-state index in [9.17, 15) is 13.2 Å². The Morgan fingerprint density at radius 2 is 1.96 bits per heavy atom. The number of rotatable bonds is 5. The monoisotopic (exact) mass is 393 g/mol. The lowest BCUT2D eigenvalue weighted by Gasteiger charge is -2.32. The molecule has 7 nitrogen and oxygen atoms in total. The van der Waals surface area contributed by atoms with Gasteiger partial charge in [-0.15, -0.1) is 0 Å². The molecule has 8 heteroatoms. The van der Waals surface area contributed by atoms with E-state index < -0.39 is 15.8 Å². The quantitative estimate of drug-likeness (QED) is 0.843. The number of H-pyrrole nitrogens is 1. The summed E-state index contributed by atoms with van der Waals surface area (Å²) in [6.45, 7) is 6.05. The van der Waals surface area contributed by atoms with E-state index in [-0.39, 0.29) is 10.9 Å².